The van der Waals surface area contributed by atoms with Gasteiger partial charge in [-0.05, 0) is 33.4 Å². The predicted molar refractivity (Wildman–Crippen MR) is 48.9 cm³/mol. The van der Waals surface area contributed by atoms with Gasteiger partial charge in [0, 0.05) is 6.04 Å². The third kappa shape index (κ3) is 4.79. The van der Waals surface area contributed by atoms with E-state index in [2.05, 4.69) is 24.6 Å². The van der Waals surface area contributed by atoms with Crippen molar-refractivity contribution in [3.8, 4) is 0 Å². The normalized spacial score (nSPS) is 25.1. The van der Waals surface area contributed by atoms with Crippen LogP contribution in [0.5, 0.6) is 0 Å². The monoisotopic (exact) mass is 157 g/mol. The highest BCUT2D eigenvalue weighted by atomic mass is 15.1. The fourth-order valence-corrected chi connectivity index (χ4v) is 1.24. The van der Waals surface area contributed by atoms with E-state index in [4.69, 9.17) is 5.41 Å². The molecule has 0 amide bonds. The standard InChI is InChI=1S/C7H15N.CH4N2/c1-7-5-3-4-6-8(7)2;2-1-3/h7H,3-6H2,1-2H3;1H,(H3,2,3). The van der Waals surface area contributed by atoms with Crippen molar-refractivity contribution in [2.45, 2.75) is 32.2 Å². The molecule has 3 N–H and O–H groups in total. The molecule has 1 fully saturated rings. The SMILES string of the molecule is CC1CCCCN1C.N=CN. The summed E-state index contributed by atoms with van der Waals surface area (Å²) in [4.78, 5) is 2.43. The predicted octanol–water partition coefficient (Wildman–Crippen LogP) is 1.04. The minimum Gasteiger partial charge on any atom is -0.390 e. The second-order valence-corrected chi connectivity index (χ2v) is 2.99. The van der Waals surface area contributed by atoms with E-state index < -0.39 is 0 Å². The molecule has 1 aliphatic heterocycles. The van der Waals surface area contributed by atoms with Crippen molar-refractivity contribution in [2.75, 3.05) is 13.6 Å². The molecule has 0 aromatic rings. The third-order valence-electron chi connectivity index (χ3n) is 2.14. The topological polar surface area (TPSA) is 53.1 Å². The van der Waals surface area contributed by atoms with Crippen LogP contribution in [0, 0.1) is 5.41 Å². The first-order valence-corrected chi connectivity index (χ1v) is 4.13. The molecule has 1 saturated heterocycles. The molecule has 0 aromatic heterocycles. The highest BCUT2D eigenvalue weighted by molar-refractivity contribution is 5.46. The van der Waals surface area contributed by atoms with Crippen LogP contribution < -0.4 is 5.73 Å². The zero-order valence-electron chi connectivity index (χ0n) is 7.51. The Balaban J connectivity index is 0.000000292. The number of hydrogen-bond donors (Lipinski definition) is 2. The van der Waals surface area contributed by atoms with Crippen LogP contribution in [-0.4, -0.2) is 30.9 Å². The molecule has 3 heteroatoms. The zero-order valence-corrected chi connectivity index (χ0v) is 7.51. The average Bonchev–Trinajstić information content (AvgIpc) is 1.97. The van der Waals surface area contributed by atoms with Gasteiger partial charge in [0.05, 0.1) is 6.34 Å². The molecule has 66 valence electrons. The van der Waals surface area contributed by atoms with Crippen LogP contribution in [0.25, 0.3) is 0 Å². The van der Waals surface area contributed by atoms with E-state index in [1.807, 2.05) is 0 Å². The van der Waals surface area contributed by atoms with Crippen molar-refractivity contribution >= 4 is 6.34 Å². The van der Waals surface area contributed by atoms with Gasteiger partial charge in [-0.2, -0.15) is 0 Å². The number of nitrogens with one attached hydrogen (secondary N) is 1. The van der Waals surface area contributed by atoms with Gasteiger partial charge in [0.1, 0.15) is 0 Å². The van der Waals surface area contributed by atoms with Crippen molar-refractivity contribution in [1.29, 1.82) is 5.41 Å². The van der Waals surface area contributed by atoms with Gasteiger partial charge >= 0.3 is 0 Å². The van der Waals surface area contributed by atoms with E-state index in [1.54, 1.807) is 0 Å². The van der Waals surface area contributed by atoms with Crippen LogP contribution in [0.4, 0.5) is 0 Å². The van der Waals surface area contributed by atoms with E-state index in [0.29, 0.717) is 0 Å². The molecule has 0 saturated carbocycles. The van der Waals surface area contributed by atoms with Crippen molar-refractivity contribution in [1.82, 2.24) is 4.90 Å². The first kappa shape index (κ1) is 10.4. The van der Waals surface area contributed by atoms with Gasteiger partial charge in [-0.15, -0.1) is 0 Å². The Kier molecular flexibility index (Phi) is 5.84. The Morgan fingerprint density at radius 1 is 1.55 bits per heavy atom. The van der Waals surface area contributed by atoms with Crippen LogP contribution in [-0.2, 0) is 0 Å². The summed E-state index contributed by atoms with van der Waals surface area (Å²) in [5.41, 5.74) is 4.39. The fraction of sp³-hybridized carbons (Fsp3) is 0.875. The zero-order chi connectivity index (χ0) is 8.69. The molecule has 1 heterocycles. The molecule has 0 radical (unpaired) electrons. The molecule has 1 rings (SSSR count). The highest BCUT2D eigenvalue weighted by Crippen LogP contribution is 2.13. The van der Waals surface area contributed by atoms with Crippen molar-refractivity contribution < 1.29 is 0 Å². The summed E-state index contributed by atoms with van der Waals surface area (Å²) in [7, 11) is 2.21. The van der Waals surface area contributed by atoms with Crippen LogP contribution in [0.2, 0.25) is 0 Å². The smallest absolute Gasteiger partial charge is 0.0765 e. The maximum absolute atomic E-state index is 5.86. The number of rotatable bonds is 0. The quantitative estimate of drug-likeness (QED) is 0.408. The Bertz CT molecular complexity index is 93.5. The van der Waals surface area contributed by atoms with E-state index in [-0.39, 0.29) is 0 Å². The second kappa shape index (κ2) is 6.16. The van der Waals surface area contributed by atoms with Crippen LogP contribution in [0.15, 0.2) is 0 Å². The molecule has 11 heavy (non-hydrogen) atoms. The van der Waals surface area contributed by atoms with Crippen LogP contribution >= 0.6 is 0 Å². The molecular weight excluding hydrogens is 138 g/mol. The van der Waals surface area contributed by atoms with Crippen molar-refractivity contribution in [2.24, 2.45) is 5.73 Å². The molecule has 1 atom stereocenters. The van der Waals surface area contributed by atoms with Gasteiger partial charge in [-0.1, -0.05) is 6.42 Å². The Labute approximate surface area is 69.1 Å². The van der Waals surface area contributed by atoms with Crippen LogP contribution in [0.3, 0.4) is 0 Å². The van der Waals surface area contributed by atoms with E-state index in [1.165, 1.54) is 25.8 Å². The summed E-state index contributed by atoms with van der Waals surface area (Å²) >= 11 is 0. The largest absolute Gasteiger partial charge is 0.390 e. The maximum atomic E-state index is 5.86. The van der Waals surface area contributed by atoms with Gasteiger partial charge < -0.3 is 10.6 Å². The Morgan fingerprint density at radius 2 is 2.09 bits per heavy atom. The Morgan fingerprint density at radius 3 is 2.36 bits per heavy atom. The lowest BCUT2D eigenvalue weighted by Crippen LogP contribution is -2.33. The number of piperidine rings is 1. The molecule has 0 aromatic carbocycles. The molecule has 0 spiro atoms. The minimum absolute atomic E-state index is 0.750. The Hall–Kier alpha value is -0.570. The van der Waals surface area contributed by atoms with Crippen molar-refractivity contribution in [3.05, 3.63) is 0 Å². The number of nitrogens with zero attached hydrogens (tertiary/aromatic N) is 1. The third-order valence-corrected chi connectivity index (χ3v) is 2.14. The molecule has 0 bridgehead atoms. The lowest BCUT2D eigenvalue weighted by molar-refractivity contribution is 0.200. The summed E-state index contributed by atoms with van der Waals surface area (Å²) in [6, 6.07) is 0.837. The number of nitrogens with two attached hydrogens (primary N) is 1. The number of hydrogen-bond acceptors (Lipinski definition) is 2. The molecule has 3 nitrogen and oxygen atoms in total. The molecule has 0 aliphatic carbocycles. The highest BCUT2D eigenvalue weighted by Gasteiger charge is 2.12. The van der Waals surface area contributed by atoms with Crippen LogP contribution in [0.1, 0.15) is 26.2 Å². The van der Waals surface area contributed by atoms with E-state index >= 15 is 0 Å². The van der Waals surface area contributed by atoms with Crippen molar-refractivity contribution in [3.63, 3.8) is 0 Å². The molecule has 1 aliphatic rings. The fourth-order valence-electron chi connectivity index (χ4n) is 1.24. The first-order valence-electron chi connectivity index (χ1n) is 4.13. The second-order valence-electron chi connectivity index (χ2n) is 2.99. The summed E-state index contributed by atoms with van der Waals surface area (Å²) in [5, 5.41) is 5.86. The van der Waals surface area contributed by atoms with Gasteiger partial charge in [-0.25, -0.2) is 0 Å². The summed E-state index contributed by atoms with van der Waals surface area (Å²) < 4.78 is 0. The van der Waals surface area contributed by atoms with Gasteiger partial charge in [0.2, 0.25) is 0 Å². The lowest BCUT2D eigenvalue weighted by atomic mass is 10.1. The summed E-state index contributed by atoms with van der Waals surface area (Å²) in [5.74, 6) is 0. The van der Waals surface area contributed by atoms with Gasteiger partial charge in [0.15, 0.2) is 0 Å². The first-order chi connectivity index (χ1) is 5.22. The summed E-state index contributed by atoms with van der Waals surface area (Å²) in [6.07, 6.45) is 4.99. The number of likely N-dealkylation sites (tertiary alicyclic amines) is 1. The van der Waals surface area contributed by atoms with Gasteiger partial charge in [-0.3, -0.25) is 5.41 Å². The van der Waals surface area contributed by atoms with Gasteiger partial charge in [0.25, 0.3) is 0 Å². The summed E-state index contributed by atoms with van der Waals surface area (Å²) in [6.45, 7) is 3.61. The molecule has 1 unspecified atom stereocenters. The molecular formula is C8H19N3. The van der Waals surface area contributed by atoms with E-state index in [9.17, 15) is 0 Å². The average molecular weight is 157 g/mol. The minimum atomic E-state index is 0.750. The maximum Gasteiger partial charge on any atom is 0.0765 e. The lowest BCUT2D eigenvalue weighted by Gasteiger charge is -2.29. The van der Waals surface area contributed by atoms with E-state index in [0.717, 1.165) is 12.4 Å².